The lowest BCUT2D eigenvalue weighted by atomic mass is 9.92. The molecule has 3 rings (SSSR count). The largest absolute Gasteiger partial charge is 0.478 e. The zero-order valence-electron chi connectivity index (χ0n) is 14.2. The number of carbonyl (C=O) groups is 1. The summed E-state index contributed by atoms with van der Waals surface area (Å²) in [6, 6.07) is 6.29. The van der Waals surface area contributed by atoms with Crippen molar-refractivity contribution in [2.24, 2.45) is 5.14 Å². The molecule has 142 valence electrons. The molecule has 0 bridgehead atoms. The SMILES string of the molecule is CC1(C)OC(c2ccc(S(N)(=O)=O)cc2Cl)=C(c2cc(F)ccc2F)C1=O. The van der Waals surface area contributed by atoms with Crippen LogP contribution in [0.25, 0.3) is 11.3 Å². The van der Waals surface area contributed by atoms with E-state index >= 15 is 0 Å². The Kier molecular flexibility index (Phi) is 4.62. The van der Waals surface area contributed by atoms with Crippen LogP contribution in [0.1, 0.15) is 25.0 Å². The van der Waals surface area contributed by atoms with Crippen molar-refractivity contribution < 1.29 is 26.7 Å². The second kappa shape index (κ2) is 6.40. The smallest absolute Gasteiger partial charge is 0.238 e. The normalized spacial score (nSPS) is 16.6. The summed E-state index contributed by atoms with van der Waals surface area (Å²) in [4.78, 5) is 12.5. The number of hydrogen-bond donors (Lipinski definition) is 1. The first kappa shape index (κ1) is 19.5. The van der Waals surface area contributed by atoms with Crippen LogP contribution >= 0.6 is 11.6 Å². The molecule has 2 aromatic carbocycles. The molecule has 1 heterocycles. The van der Waals surface area contributed by atoms with Crippen LogP contribution in [-0.4, -0.2) is 19.8 Å². The predicted octanol–water partition coefficient (Wildman–Crippen LogP) is 3.51. The molecule has 9 heteroatoms. The molecule has 0 aliphatic carbocycles. The molecule has 0 atom stereocenters. The van der Waals surface area contributed by atoms with Crippen molar-refractivity contribution in [1.82, 2.24) is 0 Å². The first-order valence-corrected chi connectivity index (χ1v) is 9.60. The van der Waals surface area contributed by atoms with E-state index in [0.717, 1.165) is 24.3 Å². The van der Waals surface area contributed by atoms with Gasteiger partial charge < -0.3 is 4.74 Å². The molecule has 0 saturated heterocycles. The summed E-state index contributed by atoms with van der Waals surface area (Å²) in [7, 11) is -4.00. The van der Waals surface area contributed by atoms with E-state index in [1.54, 1.807) is 0 Å². The molecule has 2 aromatic rings. The minimum atomic E-state index is -4.00. The van der Waals surface area contributed by atoms with E-state index in [4.69, 9.17) is 21.5 Å². The van der Waals surface area contributed by atoms with E-state index in [2.05, 4.69) is 0 Å². The van der Waals surface area contributed by atoms with Crippen molar-refractivity contribution >= 4 is 38.7 Å². The van der Waals surface area contributed by atoms with Gasteiger partial charge in [-0.25, -0.2) is 22.3 Å². The molecule has 1 aliphatic rings. The lowest BCUT2D eigenvalue weighted by Gasteiger charge is -2.18. The van der Waals surface area contributed by atoms with Crippen molar-refractivity contribution in [3.63, 3.8) is 0 Å². The number of halogens is 3. The van der Waals surface area contributed by atoms with E-state index in [0.29, 0.717) is 0 Å². The Morgan fingerprint density at radius 1 is 1.07 bits per heavy atom. The first-order chi connectivity index (χ1) is 12.4. The topological polar surface area (TPSA) is 86.5 Å². The third kappa shape index (κ3) is 3.47. The predicted molar refractivity (Wildman–Crippen MR) is 96.2 cm³/mol. The highest BCUT2D eigenvalue weighted by Crippen LogP contribution is 2.44. The average molecular weight is 414 g/mol. The van der Waals surface area contributed by atoms with Gasteiger partial charge in [-0.05, 0) is 50.2 Å². The fraction of sp³-hybridized carbons (Fsp3) is 0.167. The fourth-order valence-corrected chi connectivity index (χ4v) is 3.61. The molecule has 0 unspecified atom stereocenters. The van der Waals surface area contributed by atoms with Gasteiger partial charge in [0.1, 0.15) is 17.4 Å². The minimum Gasteiger partial charge on any atom is -0.478 e. The van der Waals surface area contributed by atoms with Crippen LogP contribution in [-0.2, 0) is 19.6 Å². The Morgan fingerprint density at radius 3 is 2.33 bits per heavy atom. The van der Waals surface area contributed by atoms with Gasteiger partial charge in [-0.3, -0.25) is 4.79 Å². The second-order valence-corrected chi connectivity index (χ2v) is 8.43. The van der Waals surface area contributed by atoms with Crippen LogP contribution in [0.4, 0.5) is 8.78 Å². The molecular weight excluding hydrogens is 400 g/mol. The maximum atomic E-state index is 14.3. The fourth-order valence-electron chi connectivity index (χ4n) is 2.74. The number of rotatable bonds is 3. The highest BCUT2D eigenvalue weighted by atomic mass is 35.5. The van der Waals surface area contributed by atoms with Crippen LogP contribution in [0.3, 0.4) is 0 Å². The maximum absolute atomic E-state index is 14.3. The number of carbonyl (C=O) groups excluding carboxylic acids is 1. The third-order valence-corrected chi connectivity index (χ3v) is 5.29. The van der Waals surface area contributed by atoms with Gasteiger partial charge in [0.15, 0.2) is 5.60 Å². The third-order valence-electron chi connectivity index (χ3n) is 4.07. The molecule has 0 aromatic heterocycles. The van der Waals surface area contributed by atoms with Gasteiger partial charge in [-0.1, -0.05) is 11.6 Å². The van der Waals surface area contributed by atoms with Crippen LogP contribution in [0, 0.1) is 11.6 Å². The van der Waals surface area contributed by atoms with Crippen LogP contribution in [0.2, 0.25) is 5.02 Å². The zero-order chi connectivity index (χ0) is 20.1. The highest BCUT2D eigenvalue weighted by Gasteiger charge is 2.44. The van der Waals surface area contributed by atoms with Crippen LogP contribution in [0.5, 0.6) is 0 Å². The summed E-state index contributed by atoms with van der Waals surface area (Å²) < 4.78 is 56.6. The second-order valence-electron chi connectivity index (χ2n) is 6.46. The van der Waals surface area contributed by atoms with Crippen molar-refractivity contribution in [2.75, 3.05) is 0 Å². The van der Waals surface area contributed by atoms with Gasteiger partial charge >= 0.3 is 0 Å². The average Bonchev–Trinajstić information content (AvgIpc) is 2.79. The van der Waals surface area contributed by atoms with Gasteiger partial charge in [0.25, 0.3) is 0 Å². The van der Waals surface area contributed by atoms with Gasteiger partial charge in [-0.15, -0.1) is 0 Å². The van der Waals surface area contributed by atoms with E-state index in [9.17, 15) is 22.0 Å². The Balaban J connectivity index is 2.28. The lowest BCUT2D eigenvalue weighted by molar-refractivity contribution is -0.125. The van der Waals surface area contributed by atoms with Crippen molar-refractivity contribution in [2.45, 2.75) is 24.3 Å². The number of hydrogen-bond acceptors (Lipinski definition) is 4. The Hall–Kier alpha value is -2.29. The molecule has 0 spiro atoms. The molecular formula is C18H14ClF2NO4S. The number of ether oxygens (including phenoxy) is 1. The molecule has 0 amide bonds. The minimum absolute atomic E-state index is 0.0690. The number of Topliss-reactive ketones (excluding diaryl/α,β-unsaturated/α-hetero) is 1. The van der Waals surface area contributed by atoms with Crippen molar-refractivity contribution in [3.8, 4) is 0 Å². The summed E-state index contributed by atoms with van der Waals surface area (Å²) in [5.74, 6) is -2.17. The van der Waals surface area contributed by atoms with Gasteiger partial charge in [0.05, 0.1) is 15.5 Å². The van der Waals surface area contributed by atoms with Gasteiger partial charge in [0.2, 0.25) is 15.8 Å². The van der Waals surface area contributed by atoms with Crippen molar-refractivity contribution in [1.29, 1.82) is 0 Å². The van der Waals surface area contributed by atoms with Crippen LogP contribution < -0.4 is 5.14 Å². The number of benzene rings is 2. The van der Waals surface area contributed by atoms with E-state index in [1.807, 2.05) is 0 Å². The van der Waals surface area contributed by atoms with Gasteiger partial charge in [-0.2, -0.15) is 0 Å². The summed E-state index contributed by atoms with van der Waals surface area (Å²) in [6.07, 6.45) is 0. The quantitative estimate of drug-likeness (QED) is 0.834. The standard InChI is InChI=1S/C18H14ClF2NO4S/c1-18(2)17(23)15(12-7-9(20)3-6-14(12)21)16(26-18)11-5-4-10(8-13(11)19)27(22,24)25/h3-8H,1-2H3,(H2,22,24,25). The van der Waals surface area contributed by atoms with E-state index in [1.165, 1.54) is 26.0 Å². The number of nitrogens with two attached hydrogens (primary N) is 1. The number of ketones is 1. The van der Waals surface area contributed by atoms with Crippen LogP contribution in [0.15, 0.2) is 41.3 Å². The maximum Gasteiger partial charge on any atom is 0.238 e. The Morgan fingerprint density at radius 2 is 1.74 bits per heavy atom. The number of sulfonamides is 1. The number of primary sulfonamides is 1. The van der Waals surface area contributed by atoms with Crippen molar-refractivity contribution in [3.05, 3.63) is 64.2 Å². The molecule has 1 aliphatic heterocycles. The molecule has 2 N–H and O–H groups in total. The Bertz CT molecular complexity index is 1110. The van der Waals surface area contributed by atoms with E-state index < -0.39 is 33.0 Å². The molecule has 0 fully saturated rings. The summed E-state index contributed by atoms with van der Waals surface area (Å²) in [6.45, 7) is 2.96. The molecule has 5 nitrogen and oxygen atoms in total. The summed E-state index contributed by atoms with van der Waals surface area (Å²) in [5, 5.41) is 5.00. The molecule has 27 heavy (non-hydrogen) atoms. The van der Waals surface area contributed by atoms with E-state index in [-0.39, 0.29) is 32.4 Å². The summed E-state index contributed by atoms with van der Waals surface area (Å²) >= 11 is 6.17. The molecule has 0 saturated carbocycles. The van der Waals surface area contributed by atoms with Gasteiger partial charge in [0, 0.05) is 11.1 Å². The lowest BCUT2D eigenvalue weighted by Crippen LogP contribution is -2.29. The summed E-state index contributed by atoms with van der Waals surface area (Å²) in [5.41, 5.74) is -1.64. The highest BCUT2D eigenvalue weighted by molar-refractivity contribution is 7.89. The monoisotopic (exact) mass is 413 g/mol. The zero-order valence-corrected chi connectivity index (χ0v) is 15.8. The first-order valence-electron chi connectivity index (χ1n) is 7.68. The molecule has 0 radical (unpaired) electrons. The Labute approximate surface area is 159 Å².